The summed E-state index contributed by atoms with van der Waals surface area (Å²) >= 11 is 0. The topological polar surface area (TPSA) is 102 Å². The molecule has 1 aromatic rings. The number of amides is 1. The summed E-state index contributed by atoms with van der Waals surface area (Å²) in [5, 5.41) is 5.70. The number of imidazole rings is 1. The van der Waals surface area contributed by atoms with Gasteiger partial charge in [0.15, 0.2) is 6.10 Å². The van der Waals surface area contributed by atoms with Gasteiger partial charge in [-0.1, -0.05) is 33.1 Å². The number of rotatable bonds is 10. The Hall–Kier alpha value is -2.18. The van der Waals surface area contributed by atoms with Crippen LogP contribution in [0.25, 0.3) is 0 Å². The third kappa shape index (κ3) is 6.83. The molecule has 4 heterocycles. The van der Waals surface area contributed by atoms with Crippen LogP contribution in [0, 0.1) is 11.8 Å². The number of fused-ring (bicyclic) bond motifs is 1. The third-order valence-electron chi connectivity index (χ3n) is 7.72. The number of nitrogens with one attached hydrogen (secondary N) is 3. The first-order chi connectivity index (χ1) is 17.7. The molecular weight excluding hydrogens is 489 g/mol. The van der Waals surface area contributed by atoms with Gasteiger partial charge >= 0.3 is 6.18 Å². The highest BCUT2D eigenvalue weighted by Crippen LogP contribution is 2.32. The smallest absolute Gasteiger partial charge is 0.381 e. The van der Waals surface area contributed by atoms with E-state index in [1.165, 1.54) is 0 Å². The lowest BCUT2D eigenvalue weighted by molar-refractivity contribution is -0.238. The summed E-state index contributed by atoms with van der Waals surface area (Å²) < 4.78 is 52.4. The number of carbonyl (C=O) groups is 1. The van der Waals surface area contributed by atoms with E-state index in [2.05, 4.69) is 29.9 Å². The molecule has 0 aliphatic carbocycles. The fourth-order valence-corrected chi connectivity index (χ4v) is 5.20. The van der Waals surface area contributed by atoms with E-state index in [0.717, 1.165) is 49.9 Å². The summed E-state index contributed by atoms with van der Waals surface area (Å²) in [5.74, 6) is 0.734. The molecule has 0 spiro atoms. The van der Waals surface area contributed by atoms with Gasteiger partial charge in [-0.15, -0.1) is 0 Å². The molecule has 5 unspecified atom stereocenters. The van der Waals surface area contributed by atoms with Gasteiger partial charge in [0.25, 0.3) is 0 Å². The first-order valence-corrected chi connectivity index (χ1v) is 13.4. The van der Waals surface area contributed by atoms with Crippen molar-refractivity contribution in [3.8, 4) is 0 Å². The summed E-state index contributed by atoms with van der Waals surface area (Å²) in [6.07, 6.45) is -0.0688. The van der Waals surface area contributed by atoms with E-state index >= 15 is 0 Å². The first-order valence-electron chi connectivity index (χ1n) is 13.4. The Balaban J connectivity index is 1.53. The maximum atomic E-state index is 13.3. The molecule has 37 heavy (non-hydrogen) atoms. The van der Waals surface area contributed by atoms with Gasteiger partial charge in [0.2, 0.25) is 11.9 Å². The Bertz CT molecular complexity index is 947. The van der Waals surface area contributed by atoms with Crippen LogP contribution in [0.3, 0.4) is 0 Å². The molecule has 9 nitrogen and oxygen atoms in total. The van der Waals surface area contributed by atoms with E-state index in [4.69, 9.17) is 19.5 Å². The maximum Gasteiger partial charge on any atom is 0.416 e. The van der Waals surface area contributed by atoms with Gasteiger partial charge in [-0.3, -0.25) is 4.79 Å². The van der Waals surface area contributed by atoms with Crippen molar-refractivity contribution in [1.82, 2.24) is 20.3 Å². The normalized spacial score (nSPS) is 26.6. The Kier molecular flexibility index (Phi) is 9.12. The van der Waals surface area contributed by atoms with E-state index in [9.17, 15) is 18.0 Å². The van der Waals surface area contributed by atoms with Gasteiger partial charge in [0.05, 0.1) is 30.5 Å². The Morgan fingerprint density at radius 3 is 2.70 bits per heavy atom. The monoisotopic (exact) mass is 528 g/mol. The van der Waals surface area contributed by atoms with Crippen molar-refractivity contribution >= 4 is 17.6 Å². The number of hydrogen-bond donors (Lipinski definition) is 3. The quantitative estimate of drug-likeness (QED) is 0.429. The predicted octanol–water partition coefficient (Wildman–Crippen LogP) is 3.62. The Morgan fingerprint density at radius 1 is 1.27 bits per heavy atom. The van der Waals surface area contributed by atoms with Crippen LogP contribution in [0.2, 0.25) is 0 Å². The van der Waals surface area contributed by atoms with E-state index in [-0.39, 0.29) is 18.4 Å². The largest absolute Gasteiger partial charge is 0.416 e. The molecule has 0 saturated carbocycles. The summed E-state index contributed by atoms with van der Waals surface area (Å²) in [6.45, 7) is 5.06. The van der Waals surface area contributed by atoms with Gasteiger partial charge in [0, 0.05) is 31.3 Å². The lowest BCUT2D eigenvalue weighted by atomic mass is 9.87. The van der Waals surface area contributed by atoms with Crippen LogP contribution in [0.15, 0.2) is 11.2 Å². The number of nitrogens with zero attached hydrogens (tertiary/aromatic N) is 3. The van der Waals surface area contributed by atoms with Crippen molar-refractivity contribution in [2.75, 3.05) is 32.2 Å². The molecule has 2 fully saturated rings. The van der Waals surface area contributed by atoms with Crippen LogP contribution < -0.4 is 16.1 Å². The van der Waals surface area contributed by atoms with Crippen molar-refractivity contribution in [1.29, 1.82) is 0 Å². The van der Waals surface area contributed by atoms with E-state index < -0.39 is 36.9 Å². The van der Waals surface area contributed by atoms with Gasteiger partial charge in [-0.2, -0.15) is 13.2 Å². The van der Waals surface area contributed by atoms with Crippen LogP contribution in [0.5, 0.6) is 0 Å². The van der Waals surface area contributed by atoms with Crippen molar-refractivity contribution in [2.45, 2.75) is 89.3 Å². The van der Waals surface area contributed by atoms with Gasteiger partial charge < -0.3 is 25.5 Å². The van der Waals surface area contributed by atoms with Crippen molar-refractivity contribution in [2.24, 2.45) is 16.8 Å². The number of aromatic nitrogens is 2. The summed E-state index contributed by atoms with van der Waals surface area (Å²) in [4.78, 5) is 22.1. The highest BCUT2D eigenvalue weighted by atomic mass is 19.4. The number of alkyl halides is 3. The molecule has 0 radical (unpaired) electrons. The lowest BCUT2D eigenvalue weighted by Gasteiger charge is -2.36. The average Bonchev–Trinajstić information content (AvgIpc) is 3.29. The number of ether oxygens (including phenoxy) is 2. The molecule has 2 saturated heterocycles. The lowest BCUT2D eigenvalue weighted by Crippen LogP contribution is -2.56. The molecule has 208 valence electrons. The number of halogens is 3. The molecule has 1 amide bonds. The summed E-state index contributed by atoms with van der Waals surface area (Å²) in [7, 11) is 1.91. The standard InChI is InChI=1S/C25H39F3N6O3/c1-4-15(2)6-5-7-17(29-3)19-14-34-24(31-19)32-22(16-8-10-36-11-9-16)18(33-34)12-20-23(35)30-13-21(37-20)25(26,27)28/h14-18,20-21,29,33H,4-13H2,1-3H3,(H,30,35). The fourth-order valence-electron chi connectivity index (χ4n) is 5.20. The minimum Gasteiger partial charge on any atom is -0.381 e. The Morgan fingerprint density at radius 2 is 2.03 bits per heavy atom. The molecule has 3 aliphatic heterocycles. The molecular formula is C25H39F3N6O3. The predicted molar refractivity (Wildman–Crippen MR) is 133 cm³/mol. The van der Waals surface area contributed by atoms with Crippen LogP contribution in [0.4, 0.5) is 19.1 Å². The van der Waals surface area contributed by atoms with Crippen molar-refractivity contribution in [3.05, 3.63) is 11.9 Å². The van der Waals surface area contributed by atoms with Crippen LogP contribution in [-0.4, -0.2) is 72.5 Å². The average molecular weight is 529 g/mol. The zero-order valence-corrected chi connectivity index (χ0v) is 21.8. The molecule has 12 heteroatoms. The van der Waals surface area contributed by atoms with Crippen molar-refractivity contribution in [3.63, 3.8) is 0 Å². The summed E-state index contributed by atoms with van der Waals surface area (Å²) in [5.41, 5.74) is 5.01. The Labute approximate surface area is 215 Å². The second kappa shape index (κ2) is 12.1. The fraction of sp³-hybridized carbons (Fsp3) is 0.800. The number of aliphatic imine (C=N–C) groups is 1. The molecule has 3 N–H and O–H groups in total. The summed E-state index contributed by atoms with van der Waals surface area (Å²) in [6, 6.07) is -0.414. The first kappa shape index (κ1) is 27.8. The van der Waals surface area contributed by atoms with Crippen LogP contribution in [0.1, 0.15) is 70.5 Å². The number of carbonyl (C=O) groups excluding carboxylic acids is 1. The second-order valence-electron chi connectivity index (χ2n) is 10.4. The van der Waals surface area contributed by atoms with Gasteiger partial charge in [-0.05, 0) is 32.2 Å². The van der Waals surface area contributed by atoms with E-state index in [0.29, 0.717) is 25.1 Å². The second-order valence-corrected chi connectivity index (χ2v) is 10.4. The molecule has 0 bridgehead atoms. The number of morpholine rings is 1. The SMILES string of the molecule is CCC(C)CCCC(NC)c1cn2c(n1)N=C(C1CCOCC1)C(CC1OC(C(F)(F)F)CNC1=O)N2. The zero-order chi connectivity index (χ0) is 26.6. The number of hydrogen-bond acceptors (Lipinski definition) is 7. The van der Waals surface area contributed by atoms with Gasteiger partial charge in [0.1, 0.15) is 6.10 Å². The zero-order valence-electron chi connectivity index (χ0n) is 21.8. The van der Waals surface area contributed by atoms with Crippen LogP contribution in [-0.2, 0) is 14.3 Å². The molecule has 4 rings (SSSR count). The molecule has 1 aromatic heterocycles. The van der Waals surface area contributed by atoms with Crippen molar-refractivity contribution < 1.29 is 27.4 Å². The minimum absolute atomic E-state index is 0.0337. The highest BCUT2D eigenvalue weighted by Gasteiger charge is 2.47. The van der Waals surface area contributed by atoms with Gasteiger partial charge in [-0.25, -0.2) is 14.7 Å². The third-order valence-corrected chi connectivity index (χ3v) is 7.72. The molecule has 0 aromatic carbocycles. The maximum absolute atomic E-state index is 13.3. The highest BCUT2D eigenvalue weighted by molar-refractivity contribution is 5.96. The van der Waals surface area contributed by atoms with E-state index in [1.54, 1.807) is 4.68 Å². The molecule has 3 aliphatic rings. The molecule has 5 atom stereocenters. The van der Waals surface area contributed by atoms with E-state index in [1.807, 2.05) is 13.2 Å². The van der Waals surface area contributed by atoms with Crippen LogP contribution >= 0.6 is 0 Å². The minimum atomic E-state index is -4.55.